The number of hydrogen-bond acceptors (Lipinski definition) is 5. The van der Waals surface area contributed by atoms with Crippen LogP contribution in [0.3, 0.4) is 0 Å². The van der Waals surface area contributed by atoms with Crippen LogP contribution in [0.5, 0.6) is 0 Å². The Morgan fingerprint density at radius 1 is 1.18 bits per heavy atom. The molecule has 7 heteroatoms. The molecule has 2 amide bonds. The van der Waals surface area contributed by atoms with Crippen LogP contribution >= 0.6 is 0 Å². The first-order valence-corrected chi connectivity index (χ1v) is 11.9. The predicted molar refractivity (Wildman–Crippen MR) is 127 cm³/mol. The van der Waals surface area contributed by atoms with Crippen molar-refractivity contribution in [2.24, 2.45) is 11.8 Å². The van der Waals surface area contributed by atoms with Gasteiger partial charge in [0.25, 0.3) is 0 Å². The fourth-order valence-corrected chi connectivity index (χ4v) is 3.71. The molecule has 2 N–H and O–H groups in total. The maximum absolute atomic E-state index is 13.1. The van der Waals surface area contributed by atoms with E-state index in [2.05, 4.69) is 5.32 Å². The zero-order valence-corrected chi connectivity index (χ0v) is 19.9. The lowest BCUT2D eigenvalue weighted by Gasteiger charge is -2.27. The van der Waals surface area contributed by atoms with Gasteiger partial charge in [-0.2, -0.15) is 0 Å². The summed E-state index contributed by atoms with van der Waals surface area (Å²) in [7, 11) is 0. The first-order chi connectivity index (χ1) is 15.9. The highest BCUT2D eigenvalue weighted by Gasteiger charge is 2.27. The molecule has 1 aromatic carbocycles. The second-order valence-electron chi connectivity index (χ2n) is 8.92. The summed E-state index contributed by atoms with van der Waals surface area (Å²) < 4.78 is 5.39. The van der Waals surface area contributed by atoms with E-state index < -0.39 is 5.92 Å². The molecule has 33 heavy (non-hydrogen) atoms. The van der Waals surface area contributed by atoms with Gasteiger partial charge in [-0.25, -0.2) is 0 Å². The third-order valence-electron chi connectivity index (χ3n) is 5.88. The zero-order chi connectivity index (χ0) is 24.1. The maximum Gasteiger partial charge on any atom is 0.305 e. The number of nitrogens with one attached hydrogen (secondary N) is 1. The van der Waals surface area contributed by atoms with Gasteiger partial charge in [0.2, 0.25) is 11.8 Å². The standard InChI is InChI=1S/C26H38N2O5/c1-20(2)23-19-33-25(31)14-10-5-3-4-9-13-22(26(32)27-23)17-24(30)28(15-16-29)18-21-11-7-6-8-12-21/h4,6-9,11-12,20,22-23,29H,3,5,10,13-19H2,1-2H3,(H,27,32)/t22-,23-/m1/s1. The van der Waals surface area contributed by atoms with Gasteiger partial charge in [-0.3, -0.25) is 14.4 Å². The highest BCUT2D eigenvalue weighted by molar-refractivity contribution is 5.86. The smallest absolute Gasteiger partial charge is 0.305 e. The Morgan fingerprint density at radius 2 is 1.94 bits per heavy atom. The number of ether oxygens (including phenoxy) is 1. The molecule has 182 valence electrons. The van der Waals surface area contributed by atoms with Crippen molar-refractivity contribution in [3.8, 4) is 0 Å². The topological polar surface area (TPSA) is 95.9 Å². The number of aliphatic hydroxyl groups is 1. The SMILES string of the molecule is CC(C)[C@H]1COC(=O)CCCCC=CC[C@H](CC(=O)N(CCO)Cc2ccccc2)C(=O)N1. The van der Waals surface area contributed by atoms with Crippen molar-refractivity contribution >= 4 is 17.8 Å². The van der Waals surface area contributed by atoms with Crippen LogP contribution in [0.25, 0.3) is 0 Å². The van der Waals surface area contributed by atoms with Gasteiger partial charge >= 0.3 is 5.97 Å². The van der Waals surface area contributed by atoms with Crippen LogP contribution in [0.4, 0.5) is 0 Å². The first kappa shape index (κ1) is 26.6. The second-order valence-corrected chi connectivity index (χ2v) is 8.92. The number of allylic oxidation sites excluding steroid dienone is 2. The van der Waals surface area contributed by atoms with Crippen LogP contribution < -0.4 is 5.32 Å². The molecule has 1 aromatic rings. The molecule has 0 bridgehead atoms. The summed E-state index contributed by atoms with van der Waals surface area (Å²) in [6, 6.07) is 9.28. The molecule has 1 aliphatic heterocycles. The minimum Gasteiger partial charge on any atom is -0.463 e. The number of carbonyl (C=O) groups is 3. The number of hydrogen-bond donors (Lipinski definition) is 2. The summed E-state index contributed by atoms with van der Waals surface area (Å²) >= 11 is 0. The molecule has 0 saturated heterocycles. The Bertz CT molecular complexity index is 778. The van der Waals surface area contributed by atoms with E-state index in [9.17, 15) is 19.5 Å². The van der Waals surface area contributed by atoms with E-state index >= 15 is 0 Å². The predicted octanol–water partition coefficient (Wildman–Crippen LogP) is 3.22. The van der Waals surface area contributed by atoms with Gasteiger partial charge < -0.3 is 20.1 Å². The van der Waals surface area contributed by atoms with Gasteiger partial charge in [0, 0.05) is 25.9 Å². The Hall–Kier alpha value is -2.67. The van der Waals surface area contributed by atoms with Crippen LogP contribution in [0.15, 0.2) is 42.5 Å². The van der Waals surface area contributed by atoms with Gasteiger partial charge in [-0.15, -0.1) is 0 Å². The minimum absolute atomic E-state index is 0.0492. The maximum atomic E-state index is 13.1. The van der Waals surface area contributed by atoms with Crippen LogP contribution in [-0.2, 0) is 25.7 Å². The number of aliphatic hydroxyl groups excluding tert-OH is 1. The quantitative estimate of drug-likeness (QED) is 0.483. The summed E-state index contributed by atoms with van der Waals surface area (Å²) in [5, 5.41) is 12.5. The summed E-state index contributed by atoms with van der Waals surface area (Å²) in [5.74, 6) is -1.10. The fourth-order valence-electron chi connectivity index (χ4n) is 3.71. The van der Waals surface area contributed by atoms with Crippen molar-refractivity contribution in [3.05, 3.63) is 48.0 Å². The number of cyclic esters (lactones) is 1. The third-order valence-corrected chi connectivity index (χ3v) is 5.88. The summed E-state index contributed by atoms with van der Waals surface area (Å²) in [5.41, 5.74) is 0.969. The number of rotatable bonds is 7. The molecule has 0 spiro atoms. The highest BCUT2D eigenvalue weighted by Crippen LogP contribution is 2.17. The van der Waals surface area contributed by atoms with Crippen LogP contribution in [-0.4, -0.2) is 53.6 Å². The fraction of sp³-hybridized carbons (Fsp3) is 0.577. The van der Waals surface area contributed by atoms with Crippen molar-refractivity contribution in [2.45, 2.75) is 65.0 Å². The largest absolute Gasteiger partial charge is 0.463 e. The lowest BCUT2D eigenvalue weighted by atomic mass is 9.96. The van der Waals surface area contributed by atoms with Crippen molar-refractivity contribution in [1.29, 1.82) is 0 Å². The molecule has 0 radical (unpaired) electrons. The Morgan fingerprint density at radius 3 is 2.64 bits per heavy atom. The molecule has 0 unspecified atom stereocenters. The van der Waals surface area contributed by atoms with Gasteiger partial charge in [0.05, 0.1) is 18.6 Å². The molecular formula is C26H38N2O5. The van der Waals surface area contributed by atoms with E-state index in [0.29, 0.717) is 19.4 Å². The molecule has 0 saturated carbocycles. The summed E-state index contributed by atoms with van der Waals surface area (Å²) in [4.78, 5) is 39.8. The van der Waals surface area contributed by atoms with Crippen molar-refractivity contribution in [1.82, 2.24) is 10.2 Å². The lowest BCUT2D eigenvalue weighted by molar-refractivity contribution is -0.145. The van der Waals surface area contributed by atoms with E-state index in [0.717, 1.165) is 24.8 Å². The van der Waals surface area contributed by atoms with Gasteiger partial charge in [0.15, 0.2) is 0 Å². The normalized spacial score (nSPS) is 20.6. The Labute approximate surface area is 197 Å². The molecule has 0 aromatic heterocycles. The van der Waals surface area contributed by atoms with Crippen LogP contribution in [0.2, 0.25) is 0 Å². The highest BCUT2D eigenvalue weighted by atomic mass is 16.5. The molecule has 0 aliphatic carbocycles. The van der Waals surface area contributed by atoms with Crippen LogP contribution in [0, 0.1) is 11.8 Å². The number of nitrogens with zero attached hydrogens (tertiary/aromatic N) is 1. The second kappa shape index (κ2) is 14.5. The van der Waals surface area contributed by atoms with Crippen LogP contribution in [0.1, 0.15) is 57.9 Å². The minimum atomic E-state index is -0.536. The third kappa shape index (κ3) is 9.78. The number of benzene rings is 1. The Kier molecular flexibility index (Phi) is 11.7. The number of carbonyl (C=O) groups excluding carboxylic acids is 3. The van der Waals surface area contributed by atoms with Crippen molar-refractivity contribution < 1.29 is 24.2 Å². The summed E-state index contributed by atoms with van der Waals surface area (Å²) in [6.07, 6.45) is 7.31. The molecule has 7 nitrogen and oxygen atoms in total. The van der Waals surface area contributed by atoms with Crippen molar-refractivity contribution in [3.63, 3.8) is 0 Å². The summed E-state index contributed by atoms with van der Waals surface area (Å²) in [6.45, 7) is 4.51. The Balaban J connectivity index is 2.13. The van der Waals surface area contributed by atoms with E-state index in [1.807, 2.05) is 56.3 Å². The monoisotopic (exact) mass is 458 g/mol. The number of amides is 2. The molecule has 1 heterocycles. The molecule has 2 atom stereocenters. The van der Waals surface area contributed by atoms with E-state index in [1.54, 1.807) is 4.90 Å². The molecular weight excluding hydrogens is 420 g/mol. The van der Waals surface area contributed by atoms with E-state index in [-0.39, 0.29) is 55.9 Å². The molecule has 1 aliphatic rings. The molecule has 2 rings (SSSR count). The zero-order valence-electron chi connectivity index (χ0n) is 19.9. The van der Waals surface area contributed by atoms with Gasteiger partial charge in [-0.05, 0) is 37.2 Å². The average molecular weight is 459 g/mol. The molecule has 0 fully saturated rings. The number of esters is 1. The van der Waals surface area contributed by atoms with Gasteiger partial charge in [-0.1, -0.05) is 56.3 Å². The van der Waals surface area contributed by atoms with E-state index in [1.165, 1.54) is 0 Å². The first-order valence-electron chi connectivity index (χ1n) is 11.9. The van der Waals surface area contributed by atoms with E-state index in [4.69, 9.17) is 4.74 Å². The van der Waals surface area contributed by atoms with Gasteiger partial charge in [0.1, 0.15) is 6.61 Å². The average Bonchev–Trinajstić information content (AvgIpc) is 2.79. The lowest BCUT2D eigenvalue weighted by Crippen LogP contribution is -2.46. The van der Waals surface area contributed by atoms with Crippen molar-refractivity contribution in [2.75, 3.05) is 19.8 Å².